The number of thioether (sulfide) groups is 1. The molecule has 0 saturated heterocycles. The standard InChI is InChI=1S/C13H21NO4S/c1-5-6-7-8-19-9-10(11(15)16)14-12(17)18-13(2,3)4/h1,10H,6-9H2,2-4H3,(H,14,17)(H,15,16). The van der Waals surface area contributed by atoms with E-state index in [-0.39, 0.29) is 0 Å². The van der Waals surface area contributed by atoms with Crippen LogP contribution in [0, 0.1) is 12.3 Å². The lowest BCUT2D eigenvalue weighted by molar-refractivity contribution is -0.138. The maximum Gasteiger partial charge on any atom is 0.408 e. The molecule has 1 unspecified atom stereocenters. The molecule has 1 atom stereocenters. The summed E-state index contributed by atoms with van der Waals surface area (Å²) in [4.78, 5) is 22.5. The molecule has 0 radical (unpaired) electrons. The molecule has 6 heteroatoms. The molecule has 0 rings (SSSR count). The average molecular weight is 287 g/mol. The van der Waals surface area contributed by atoms with Crippen molar-refractivity contribution in [2.24, 2.45) is 0 Å². The van der Waals surface area contributed by atoms with E-state index >= 15 is 0 Å². The fourth-order valence-electron chi connectivity index (χ4n) is 1.10. The van der Waals surface area contributed by atoms with Gasteiger partial charge in [-0.1, -0.05) is 0 Å². The maximum atomic E-state index is 11.5. The second-order valence-corrected chi connectivity index (χ2v) is 6.07. The summed E-state index contributed by atoms with van der Waals surface area (Å²) in [6.07, 6.45) is 5.90. The molecule has 0 aromatic heterocycles. The number of ether oxygens (including phenoxy) is 1. The summed E-state index contributed by atoms with van der Waals surface area (Å²) in [5.41, 5.74) is -0.646. The van der Waals surface area contributed by atoms with Crippen molar-refractivity contribution in [3.05, 3.63) is 0 Å². The van der Waals surface area contributed by atoms with Crippen LogP contribution in [0.4, 0.5) is 4.79 Å². The molecule has 0 aromatic carbocycles. The molecule has 0 heterocycles. The smallest absolute Gasteiger partial charge is 0.408 e. The van der Waals surface area contributed by atoms with Crippen LogP contribution in [0.5, 0.6) is 0 Å². The van der Waals surface area contributed by atoms with E-state index in [1.54, 1.807) is 20.8 Å². The zero-order valence-corrected chi connectivity index (χ0v) is 12.4. The third-order valence-corrected chi connectivity index (χ3v) is 3.03. The summed E-state index contributed by atoms with van der Waals surface area (Å²) in [7, 11) is 0. The third kappa shape index (κ3) is 10.3. The van der Waals surface area contributed by atoms with Crippen molar-refractivity contribution in [1.29, 1.82) is 0 Å². The molecule has 0 aliphatic heterocycles. The van der Waals surface area contributed by atoms with Gasteiger partial charge >= 0.3 is 12.1 Å². The summed E-state index contributed by atoms with van der Waals surface area (Å²) < 4.78 is 5.01. The Balaban J connectivity index is 4.10. The van der Waals surface area contributed by atoms with Crippen molar-refractivity contribution in [1.82, 2.24) is 5.32 Å². The summed E-state index contributed by atoms with van der Waals surface area (Å²) in [5, 5.41) is 11.3. The van der Waals surface area contributed by atoms with Crippen molar-refractivity contribution in [3.63, 3.8) is 0 Å². The van der Waals surface area contributed by atoms with Gasteiger partial charge in [0.2, 0.25) is 0 Å². The quantitative estimate of drug-likeness (QED) is 0.554. The van der Waals surface area contributed by atoms with Crippen molar-refractivity contribution >= 4 is 23.8 Å². The Morgan fingerprint density at radius 2 is 2.11 bits per heavy atom. The number of rotatable bonds is 7. The largest absolute Gasteiger partial charge is 0.480 e. The predicted octanol–water partition coefficient (Wildman–Crippen LogP) is 2.11. The van der Waals surface area contributed by atoms with Gasteiger partial charge in [-0.3, -0.25) is 0 Å². The van der Waals surface area contributed by atoms with Crippen LogP contribution in [0.2, 0.25) is 0 Å². The van der Waals surface area contributed by atoms with Gasteiger partial charge in [-0.2, -0.15) is 11.8 Å². The Labute approximate surface area is 118 Å². The minimum Gasteiger partial charge on any atom is -0.480 e. The van der Waals surface area contributed by atoms with Gasteiger partial charge in [0.15, 0.2) is 0 Å². The third-order valence-electron chi connectivity index (χ3n) is 1.88. The van der Waals surface area contributed by atoms with Gasteiger partial charge in [-0.05, 0) is 32.9 Å². The molecule has 2 N–H and O–H groups in total. The van der Waals surface area contributed by atoms with Gasteiger partial charge in [0.25, 0.3) is 0 Å². The highest BCUT2D eigenvalue weighted by Crippen LogP contribution is 2.09. The number of nitrogens with one attached hydrogen (secondary N) is 1. The first-order valence-corrected chi connectivity index (χ1v) is 7.15. The normalized spacial score (nSPS) is 12.3. The van der Waals surface area contributed by atoms with Crippen molar-refractivity contribution < 1.29 is 19.4 Å². The Bertz CT molecular complexity index is 344. The number of aliphatic carboxylic acids is 1. The Hall–Kier alpha value is -1.35. The summed E-state index contributed by atoms with van der Waals surface area (Å²) >= 11 is 1.44. The van der Waals surface area contributed by atoms with Gasteiger partial charge in [0.05, 0.1) is 0 Å². The van der Waals surface area contributed by atoms with Gasteiger partial charge in [-0.25, -0.2) is 9.59 Å². The van der Waals surface area contributed by atoms with E-state index in [0.29, 0.717) is 12.2 Å². The summed E-state index contributed by atoms with van der Waals surface area (Å²) in [6.45, 7) is 5.16. The van der Waals surface area contributed by atoms with Gasteiger partial charge in [0, 0.05) is 12.2 Å². The number of hydrogen-bond donors (Lipinski definition) is 2. The number of carbonyl (C=O) groups is 2. The highest BCUT2D eigenvalue weighted by atomic mass is 32.2. The molecule has 0 spiro atoms. The molecule has 1 amide bonds. The van der Waals surface area contributed by atoms with Gasteiger partial charge < -0.3 is 15.2 Å². The second-order valence-electron chi connectivity index (χ2n) is 4.92. The highest BCUT2D eigenvalue weighted by molar-refractivity contribution is 7.99. The Morgan fingerprint density at radius 3 is 2.58 bits per heavy atom. The van der Waals surface area contributed by atoms with Crippen LogP contribution in [-0.2, 0) is 9.53 Å². The molecular formula is C13H21NO4S. The van der Waals surface area contributed by atoms with Crippen LogP contribution in [0.25, 0.3) is 0 Å². The molecule has 0 bridgehead atoms. The van der Waals surface area contributed by atoms with E-state index in [1.807, 2.05) is 0 Å². The van der Waals surface area contributed by atoms with E-state index in [9.17, 15) is 9.59 Å². The number of hydrogen-bond acceptors (Lipinski definition) is 4. The van der Waals surface area contributed by atoms with Gasteiger partial charge in [-0.15, -0.1) is 12.3 Å². The second kappa shape index (κ2) is 8.70. The number of terminal acetylenes is 1. The monoisotopic (exact) mass is 287 g/mol. The lowest BCUT2D eigenvalue weighted by atomic mass is 10.2. The van der Waals surface area contributed by atoms with Crippen molar-refractivity contribution in [2.45, 2.75) is 45.3 Å². The van der Waals surface area contributed by atoms with E-state index < -0.39 is 23.7 Å². The first-order valence-electron chi connectivity index (χ1n) is 6.00. The summed E-state index contributed by atoms with van der Waals surface area (Å²) in [5.74, 6) is 2.50. The van der Waals surface area contributed by atoms with Gasteiger partial charge in [0.1, 0.15) is 11.6 Å². The van der Waals surface area contributed by atoms with E-state index in [2.05, 4.69) is 11.2 Å². The number of carbonyl (C=O) groups excluding carboxylic acids is 1. The minimum atomic E-state index is -1.07. The van der Waals surface area contributed by atoms with Crippen LogP contribution in [0.3, 0.4) is 0 Å². The molecule has 19 heavy (non-hydrogen) atoms. The highest BCUT2D eigenvalue weighted by Gasteiger charge is 2.23. The number of carboxylic acids is 1. The van der Waals surface area contributed by atoms with E-state index in [4.69, 9.17) is 16.3 Å². The van der Waals surface area contributed by atoms with E-state index in [0.717, 1.165) is 12.2 Å². The number of amides is 1. The van der Waals surface area contributed by atoms with Crippen molar-refractivity contribution in [2.75, 3.05) is 11.5 Å². The molecular weight excluding hydrogens is 266 g/mol. The number of alkyl carbamates (subject to hydrolysis) is 1. The lowest BCUT2D eigenvalue weighted by Crippen LogP contribution is -2.45. The summed E-state index contributed by atoms with van der Waals surface area (Å²) in [6, 6.07) is -0.953. The fraction of sp³-hybridized carbons (Fsp3) is 0.692. The molecule has 0 fully saturated rings. The first-order chi connectivity index (χ1) is 8.76. The molecule has 0 aromatic rings. The Morgan fingerprint density at radius 1 is 1.47 bits per heavy atom. The van der Waals surface area contributed by atoms with Crippen LogP contribution >= 0.6 is 11.8 Å². The van der Waals surface area contributed by atoms with Crippen LogP contribution in [0.1, 0.15) is 33.6 Å². The Kier molecular flexibility index (Phi) is 8.08. The average Bonchev–Trinajstić information content (AvgIpc) is 2.24. The fourth-order valence-corrected chi connectivity index (χ4v) is 2.08. The maximum absolute atomic E-state index is 11.5. The molecule has 5 nitrogen and oxygen atoms in total. The first kappa shape index (κ1) is 17.6. The lowest BCUT2D eigenvalue weighted by Gasteiger charge is -2.21. The number of unbranched alkanes of at least 4 members (excludes halogenated alkanes) is 1. The van der Waals surface area contributed by atoms with Crippen LogP contribution < -0.4 is 5.32 Å². The zero-order chi connectivity index (χ0) is 14.9. The van der Waals surface area contributed by atoms with Crippen molar-refractivity contribution in [3.8, 4) is 12.3 Å². The molecule has 108 valence electrons. The molecule has 0 saturated carbocycles. The van der Waals surface area contributed by atoms with Crippen LogP contribution in [0.15, 0.2) is 0 Å². The minimum absolute atomic E-state index is 0.291. The zero-order valence-electron chi connectivity index (χ0n) is 11.6. The van der Waals surface area contributed by atoms with Crippen LogP contribution in [-0.4, -0.2) is 40.3 Å². The molecule has 0 aliphatic rings. The predicted molar refractivity (Wildman–Crippen MR) is 76.2 cm³/mol. The van der Waals surface area contributed by atoms with E-state index in [1.165, 1.54) is 11.8 Å². The SMILES string of the molecule is C#CCCCSCC(NC(=O)OC(C)(C)C)C(=O)O. The topological polar surface area (TPSA) is 75.6 Å². The number of carboxylic acid groups (broad SMARTS) is 1. The molecule has 0 aliphatic carbocycles.